The average Bonchev–Trinajstić information content (AvgIpc) is 3.04. The van der Waals surface area contributed by atoms with E-state index in [0.29, 0.717) is 6.42 Å². The summed E-state index contributed by atoms with van der Waals surface area (Å²) in [5.74, 6) is -1.69. The Kier molecular flexibility index (Phi) is 4.87. The van der Waals surface area contributed by atoms with E-state index in [4.69, 9.17) is 5.11 Å². The van der Waals surface area contributed by atoms with E-state index in [1.54, 1.807) is 12.1 Å². The maximum absolute atomic E-state index is 13.0. The fraction of sp³-hybridized carbons (Fsp3) is 0.294. The van der Waals surface area contributed by atoms with Gasteiger partial charge in [-0.3, -0.25) is 9.59 Å². The molecule has 2 aromatic rings. The van der Waals surface area contributed by atoms with E-state index in [-0.39, 0.29) is 30.0 Å². The maximum atomic E-state index is 13.0. The van der Waals surface area contributed by atoms with Gasteiger partial charge in [0, 0.05) is 6.04 Å². The predicted octanol–water partition coefficient (Wildman–Crippen LogP) is 1.87. The fourth-order valence-corrected chi connectivity index (χ4v) is 2.77. The van der Waals surface area contributed by atoms with Crippen LogP contribution in [0.3, 0.4) is 0 Å². The van der Waals surface area contributed by atoms with E-state index in [1.165, 1.54) is 18.3 Å². The van der Waals surface area contributed by atoms with Gasteiger partial charge >= 0.3 is 5.97 Å². The molecule has 130 valence electrons. The van der Waals surface area contributed by atoms with Gasteiger partial charge in [0.2, 0.25) is 0 Å². The largest absolute Gasteiger partial charge is 0.480 e. The third-order valence-corrected chi connectivity index (χ3v) is 4.03. The molecule has 0 aliphatic heterocycles. The molecule has 2 N–H and O–H groups in total. The molecule has 1 amide bonds. The number of benzene rings is 1. The van der Waals surface area contributed by atoms with Crippen LogP contribution in [0.5, 0.6) is 0 Å². The van der Waals surface area contributed by atoms with Crippen LogP contribution in [-0.4, -0.2) is 38.0 Å². The van der Waals surface area contributed by atoms with Crippen LogP contribution in [0.15, 0.2) is 36.5 Å². The third-order valence-electron chi connectivity index (χ3n) is 4.03. The number of aliphatic carboxylic acids is 1. The lowest BCUT2D eigenvalue weighted by Gasteiger charge is -2.22. The van der Waals surface area contributed by atoms with Crippen molar-refractivity contribution >= 4 is 17.4 Å². The number of carboxylic acids is 1. The highest BCUT2D eigenvalue weighted by atomic mass is 19.1. The normalized spacial score (nSPS) is 17.0. The fourth-order valence-electron chi connectivity index (χ4n) is 2.77. The van der Waals surface area contributed by atoms with E-state index < -0.39 is 5.97 Å². The molecule has 1 aromatic carbocycles. The lowest BCUT2D eigenvalue weighted by atomic mass is 9.90. The van der Waals surface area contributed by atoms with Crippen LogP contribution < -0.4 is 5.32 Å². The molecule has 0 bridgehead atoms. The number of aromatic nitrogens is 3. The van der Waals surface area contributed by atoms with Gasteiger partial charge in [0.25, 0.3) is 5.91 Å². The second-order valence-electron chi connectivity index (χ2n) is 5.88. The van der Waals surface area contributed by atoms with Gasteiger partial charge in [-0.1, -0.05) is 23.4 Å². The highest BCUT2D eigenvalue weighted by molar-refractivity contribution is 5.92. The summed E-state index contributed by atoms with van der Waals surface area (Å²) >= 11 is 0. The van der Waals surface area contributed by atoms with Crippen LogP contribution in [0.25, 0.3) is 5.57 Å². The summed E-state index contributed by atoms with van der Waals surface area (Å²) < 4.78 is 14.1. The van der Waals surface area contributed by atoms with Crippen molar-refractivity contribution in [1.82, 2.24) is 20.3 Å². The van der Waals surface area contributed by atoms with Crippen LogP contribution in [0.4, 0.5) is 4.39 Å². The number of carbonyl (C=O) groups excluding carboxylic acids is 1. The zero-order valence-corrected chi connectivity index (χ0v) is 13.4. The van der Waals surface area contributed by atoms with Crippen molar-refractivity contribution in [2.45, 2.75) is 31.8 Å². The summed E-state index contributed by atoms with van der Waals surface area (Å²) in [7, 11) is 0. The maximum Gasteiger partial charge on any atom is 0.325 e. The Labute approximate surface area is 143 Å². The molecule has 0 fully saturated rings. The molecule has 1 unspecified atom stereocenters. The lowest BCUT2D eigenvalue weighted by Crippen LogP contribution is -2.35. The second kappa shape index (κ2) is 7.25. The Morgan fingerprint density at radius 3 is 2.72 bits per heavy atom. The Hall–Kier alpha value is -3.03. The van der Waals surface area contributed by atoms with Gasteiger partial charge in [0.15, 0.2) is 5.69 Å². The van der Waals surface area contributed by atoms with Gasteiger partial charge in [-0.15, -0.1) is 5.10 Å². The quantitative estimate of drug-likeness (QED) is 0.863. The van der Waals surface area contributed by atoms with Crippen molar-refractivity contribution in [2.75, 3.05) is 0 Å². The zero-order valence-electron chi connectivity index (χ0n) is 13.4. The molecule has 1 aromatic heterocycles. The zero-order chi connectivity index (χ0) is 17.8. The van der Waals surface area contributed by atoms with Crippen molar-refractivity contribution in [3.63, 3.8) is 0 Å². The van der Waals surface area contributed by atoms with Crippen LogP contribution in [-0.2, 0) is 11.3 Å². The third kappa shape index (κ3) is 4.28. The predicted molar refractivity (Wildman–Crippen MR) is 87.1 cm³/mol. The number of halogens is 1. The van der Waals surface area contributed by atoms with Crippen LogP contribution in [0, 0.1) is 5.82 Å². The first-order chi connectivity index (χ1) is 12.0. The molecule has 1 heterocycles. The molecule has 0 saturated heterocycles. The summed E-state index contributed by atoms with van der Waals surface area (Å²) in [5, 5.41) is 18.9. The first-order valence-corrected chi connectivity index (χ1v) is 7.89. The average molecular weight is 344 g/mol. The summed E-state index contributed by atoms with van der Waals surface area (Å²) in [6.45, 7) is -0.340. The molecule has 1 aliphatic carbocycles. The number of amides is 1. The van der Waals surface area contributed by atoms with Crippen molar-refractivity contribution in [3.05, 3.63) is 53.6 Å². The van der Waals surface area contributed by atoms with Crippen molar-refractivity contribution in [1.29, 1.82) is 0 Å². The minimum Gasteiger partial charge on any atom is -0.480 e. The minimum atomic E-state index is -1.05. The molecule has 1 aliphatic rings. The highest BCUT2D eigenvalue weighted by Crippen LogP contribution is 2.27. The van der Waals surface area contributed by atoms with Gasteiger partial charge in [-0.2, -0.15) is 0 Å². The molecule has 0 radical (unpaired) electrons. The Balaban J connectivity index is 1.57. The number of carbonyl (C=O) groups is 2. The van der Waals surface area contributed by atoms with Crippen molar-refractivity contribution < 1.29 is 19.1 Å². The van der Waals surface area contributed by atoms with Crippen LogP contribution >= 0.6 is 0 Å². The molecular weight excluding hydrogens is 327 g/mol. The molecule has 1 atom stereocenters. The van der Waals surface area contributed by atoms with E-state index in [0.717, 1.165) is 28.7 Å². The number of carboxylic acid groups (broad SMARTS) is 1. The molecule has 7 nitrogen and oxygen atoms in total. The second-order valence-corrected chi connectivity index (χ2v) is 5.88. The molecule has 8 heteroatoms. The first-order valence-electron chi connectivity index (χ1n) is 7.89. The number of rotatable bonds is 5. The Bertz CT molecular complexity index is 814. The SMILES string of the molecule is O=C(O)Cn1cc(C(=O)NC2CC=C(c3ccc(F)cc3)CC2)nn1. The molecule has 0 saturated carbocycles. The number of hydrogen-bond donors (Lipinski definition) is 2. The van der Waals surface area contributed by atoms with Crippen molar-refractivity contribution in [3.8, 4) is 0 Å². The number of allylic oxidation sites excluding steroid dienone is 1. The topological polar surface area (TPSA) is 97.1 Å². The van der Waals surface area contributed by atoms with E-state index in [1.807, 2.05) is 6.08 Å². The number of nitrogens with zero attached hydrogens (tertiary/aromatic N) is 3. The number of hydrogen-bond acceptors (Lipinski definition) is 4. The summed E-state index contributed by atoms with van der Waals surface area (Å²) in [4.78, 5) is 22.8. The number of nitrogens with one attached hydrogen (secondary N) is 1. The van der Waals surface area contributed by atoms with E-state index in [9.17, 15) is 14.0 Å². The van der Waals surface area contributed by atoms with E-state index in [2.05, 4.69) is 15.6 Å². The van der Waals surface area contributed by atoms with Crippen molar-refractivity contribution in [2.24, 2.45) is 0 Å². The summed E-state index contributed by atoms with van der Waals surface area (Å²) in [6.07, 6.45) is 5.57. The molecule has 3 rings (SSSR count). The summed E-state index contributed by atoms with van der Waals surface area (Å²) in [5.41, 5.74) is 2.22. The van der Waals surface area contributed by atoms with Gasteiger partial charge in [-0.25, -0.2) is 9.07 Å². The minimum absolute atomic E-state index is 0.0266. The smallest absolute Gasteiger partial charge is 0.325 e. The molecular formula is C17H17FN4O3. The van der Waals surface area contributed by atoms with Gasteiger partial charge in [0.1, 0.15) is 12.4 Å². The monoisotopic (exact) mass is 344 g/mol. The highest BCUT2D eigenvalue weighted by Gasteiger charge is 2.20. The van der Waals surface area contributed by atoms with Gasteiger partial charge < -0.3 is 10.4 Å². The van der Waals surface area contributed by atoms with E-state index >= 15 is 0 Å². The molecule has 0 spiro atoms. The summed E-state index contributed by atoms with van der Waals surface area (Å²) in [6, 6.07) is 6.35. The van der Waals surface area contributed by atoms with Gasteiger partial charge in [0.05, 0.1) is 6.20 Å². The Morgan fingerprint density at radius 1 is 1.32 bits per heavy atom. The first kappa shape index (κ1) is 16.8. The van der Waals surface area contributed by atoms with Gasteiger partial charge in [-0.05, 0) is 42.5 Å². The van der Waals surface area contributed by atoms with Crippen LogP contribution in [0.1, 0.15) is 35.3 Å². The molecule has 25 heavy (non-hydrogen) atoms. The standard InChI is InChI=1S/C17H17FN4O3/c18-13-5-1-11(2-6-13)12-3-7-14(8-4-12)19-17(25)15-9-22(21-20-15)10-16(23)24/h1-3,5-6,9,14H,4,7-8,10H2,(H,19,25)(H,23,24). The lowest BCUT2D eigenvalue weighted by molar-refractivity contribution is -0.137. The Morgan fingerprint density at radius 2 is 2.08 bits per heavy atom. The van der Waals surface area contributed by atoms with Crippen LogP contribution in [0.2, 0.25) is 0 Å².